The van der Waals surface area contributed by atoms with Gasteiger partial charge in [0.1, 0.15) is 0 Å². The summed E-state index contributed by atoms with van der Waals surface area (Å²) in [7, 11) is 0. The highest BCUT2D eigenvalue weighted by Gasteiger charge is 2.21. The summed E-state index contributed by atoms with van der Waals surface area (Å²) in [5.74, 6) is -1.21. The van der Waals surface area contributed by atoms with Crippen LogP contribution in [0.15, 0.2) is 53.4 Å². The number of carbonyl (C=O) groups excluding carboxylic acids is 2. The van der Waals surface area contributed by atoms with E-state index in [2.05, 4.69) is 15.4 Å². The van der Waals surface area contributed by atoms with Gasteiger partial charge in [0.05, 0.1) is 31.3 Å². The smallest absolute Gasteiger partial charge is 0.347 e. The molecule has 0 aliphatic carbocycles. The molecule has 0 bridgehead atoms. The summed E-state index contributed by atoms with van der Waals surface area (Å²) in [5, 5.41) is 7.17. The number of hydrogen-bond donors (Lipinski definition) is 1. The first-order chi connectivity index (χ1) is 13.0. The molecule has 1 aromatic carbocycles. The molecule has 0 fully saturated rings. The van der Waals surface area contributed by atoms with Crippen LogP contribution in [-0.4, -0.2) is 41.0 Å². The van der Waals surface area contributed by atoms with E-state index in [1.54, 1.807) is 33.2 Å². The highest BCUT2D eigenvalue weighted by atomic mass is 16.6. The number of carbonyl (C=O) groups is 2. The molecule has 8 nitrogen and oxygen atoms in total. The quantitative estimate of drug-likeness (QED) is 0.252. The lowest BCUT2D eigenvalue weighted by Crippen LogP contribution is -2.19. The normalized spacial score (nSPS) is 10.5. The largest absolute Gasteiger partial charge is 0.462 e. The van der Waals surface area contributed by atoms with Crippen molar-refractivity contribution in [2.24, 2.45) is 5.10 Å². The number of aryl methyl sites for hydroxylation is 1. The molecular formula is C19H22N4O4. The molecule has 2 aromatic rings. The lowest BCUT2D eigenvalue weighted by molar-refractivity contribution is -0.146. The fraction of sp³-hybridized carbons (Fsp3) is 0.263. The third kappa shape index (κ3) is 5.81. The molecule has 0 aliphatic rings. The number of anilines is 1. The van der Waals surface area contributed by atoms with Gasteiger partial charge in [-0.1, -0.05) is 30.3 Å². The third-order valence-corrected chi connectivity index (χ3v) is 3.28. The van der Waals surface area contributed by atoms with E-state index in [1.165, 1.54) is 10.9 Å². The van der Waals surface area contributed by atoms with Gasteiger partial charge >= 0.3 is 11.9 Å². The maximum atomic E-state index is 12.0. The minimum atomic E-state index is -0.772. The van der Waals surface area contributed by atoms with Crippen LogP contribution >= 0.6 is 0 Å². The highest BCUT2D eigenvalue weighted by Crippen LogP contribution is 2.10. The van der Waals surface area contributed by atoms with Gasteiger partial charge in [0.15, 0.2) is 5.57 Å². The Kier molecular flexibility index (Phi) is 7.30. The number of aromatic nitrogens is 2. The van der Waals surface area contributed by atoms with E-state index in [4.69, 9.17) is 9.47 Å². The Labute approximate surface area is 157 Å². The molecular weight excluding hydrogens is 348 g/mol. The third-order valence-electron chi connectivity index (χ3n) is 3.28. The first-order valence-electron chi connectivity index (χ1n) is 8.51. The SMILES string of the molecule is CCOC(=O)C(=CNc1nc(C)cn1/N=C/c1ccccc1)C(=O)OCC. The molecule has 1 heterocycles. The minimum absolute atomic E-state index is 0.144. The van der Waals surface area contributed by atoms with Gasteiger partial charge in [-0.05, 0) is 26.3 Å². The van der Waals surface area contributed by atoms with Crippen LogP contribution < -0.4 is 5.32 Å². The van der Waals surface area contributed by atoms with Crippen LogP contribution in [0.5, 0.6) is 0 Å². The van der Waals surface area contributed by atoms with Gasteiger partial charge in [0.25, 0.3) is 0 Å². The van der Waals surface area contributed by atoms with Crippen molar-refractivity contribution < 1.29 is 19.1 Å². The standard InChI is InChI=1S/C19H22N4O4/c1-4-26-17(24)16(18(25)27-5-2)12-20-19-22-14(3)13-23(19)21-11-15-9-7-6-8-10-15/h6-13H,4-5H2,1-3H3,(H,20,22)/b21-11+. The van der Waals surface area contributed by atoms with E-state index < -0.39 is 11.9 Å². The maximum absolute atomic E-state index is 12.0. The van der Waals surface area contributed by atoms with Crippen LogP contribution in [0.3, 0.4) is 0 Å². The number of esters is 2. The minimum Gasteiger partial charge on any atom is -0.462 e. The summed E-state index contributed by atoms with van der Waals surface area (Å²) < 4.78 is 11.3. The molecule has 0 aliphatic heterocycles. The van der Waals surface area contributed by atoms with Crippen molar-refractivity contribution >= 4 is 24.1 Å². The zero-order valence-corrected chi connectivity index (χ0v) is 15.5. The second kappa shape index (κ2) is 9.91. The Hall–Kier alpha value is -3.42. The van der Waals surface area contributed by atoms with Crippen LogP contribution in [0.25, 0.3) is 0 Å². The van der Waals surface area contributed by atoms with Crippen LogP contribution in [-0.2, 0) is 19.1 Å². The van der Waals surface area contributed by atoms with Gasteiger partial charge in [-0.3, -0.25) is 0 Å². The summed E-state index contributed by atoms with van der Waals surface area (Å²) >= 11 is 0. The topological polar surface area (TPSA) is 94.8 Å². The summed E-state index contributed by atoms with van der Waals surface area (Å²) in [5.41, 5.74) is 1.38. The number of nitrogens with one attached hydrogen (secondary N) is 1. The van der Waals surface area contributed by atoms with E-state index in [0.29, 0.717) is 11.6 Å². The summed E-state index contributed by atoms with van der Waals surface area (Å²) in [6.07, 6.45) is 4.60. The zero-order chi connectivity index (χ0) is 19.6. The molecule has 1 aromatic heterocycles. The Bertz CT molecular complexity index is 821. The Morgan fingerprint density at radius 2 is 1.78 bits per heavy atom. The monoisotopic (exact) mass is 370 g/mol. The van der Waals surface area contributed by atoms with E-state index in [-0.39, 0.29) is 18.8 Å². The maximum Gasteiger partial charge on any atom is 0.347 e. The molecule has 1 N–H and O–H groups in total. The molecule has 0 atom stereocenters. The second-order valence-electron chi connectivity index (χ2n) is 5.35. The van der Waals surface area contributed by atoms with Crippen molar-refractivity contribution in [2.45, 2.75) is 20.8 Å². The highest BCUT2D eigenvalue weighted by molar-refractivity contribution is 6.14. The zero-order valence-electron chi connectivity index (χ0n) is 15.5. The molecule has 2 rings (SSSR count). The predicted octanol–water partition coefficient (Wildman–Crippen LogP) is 2.50. The number of nitrogens with zero attached hydrogens (tertiary/aromatic N) is 3. The molecule has 27 heavy (non-hydrogen) atoms. The van der Waals surface area contributed by atoms with Crippen LogP contribution in [0.2, 0.25) is 0 Å². The average molecular weight is 370 g/mol. The van der Waals surface area contributed by atoms with Gasteiger partial charge in [-0.25, -0.2) is 19.2 Å². The summed E-state index contributed by atoms with van der Waals surface area (Å²) in [6, 6.07) is 9.57. The predicted molar refractivity (Wildman–Crippen MR) is 101 cm³/mol. The first-order valence-corrected chi connectivity index (χ1v) is 8.51. The molecule has 8 heteroatoms. The van der Waals surface area contributed by atoms with E-state index in [0.717, 1.165) is 5.56 Å². The molecule has 0 spiro atoms. The fourth-order valence-electron chi connectivity index (χ4n) is 2.10. The lowest BCUT2D eigenvalue weighted by Gasteiger charge is -2.07. The molecule has 0 amide bonds. The summed E-state index contributed by atoms with van der Waals surface area (Å²) in [4.78, 5) is 28.3. The fourth-order valence-corrected chi connectivity index (χ4v) is 2.10. The van der Waals surface area contributed by atoms with Crippen molar-refractivity contribution in [1.82, 2.24) is 9.66 Å². The van der Waals surface area contributed by atoms with Crippen LogP contribution in [0.4, 0.5) is 5.95 Å². The van der Waals surface area contributed by atoms with Crippen molar-refractivity contribution in [2.75, 3.05) is 18.5 Å². The van der Waals surface area contributed by atoms with Crippen molar-refractivity contribution in [3.05, 3.63) is 59.6 Å². The summed E-state index contributed by atoms with van der Waals surface area (Å²) in [6.45, 7) is 5.40. The van der Waals surface area contributed by atoms with Crippen LogP contribution in [0, 0.1) is 6.92 Å². The average Bonchev–Trinajstić information content (AvgIpc) is 3.01. The second-order valence-corrected chi connectivity index (χ2v) is 5.35. The Morgan fingerprint density at radius 1 is 1.15 bits per heavy atom. The molecule has 0 saturated heterocycles. The van der Waals surface area contributed by atoms with Crippen LogP contribution in [0.1, 0.15) is 25.1 Å². The Morgan fingerprint density at radius 3 is 2.37 bits per heavy atom. The van der Waals surface area contributed by atoms with Gasteiger partial charge in [0, 0.05) is 6.20 Å². The first kappa shape index (κ1) is 19.9. The van der Waals surface area contributed by atoms with E-state index in [1.807, 2.05) is 30.3 Å². The number of rotatable bonds is 8. The molecule has 0 saturated carbocycles. The lowest BCUT2D eigenvalue weighted by atomic mass is 10.2. The molecule has 0 unspecified atom stereocenters. The Balaban J connectivity index is 2.24. The number of benzene rings is 1. The molecule has 142 valence electrons. The van der Waals surface area contributed by atoms with Gasteiger partial charge in [-0.2, -0.15) is 5.10 Å². The van der Waals surface area contributed by atoms with Crippen molar-refractivity contribution in [3.63, 3.8) is 0 Å². The van der Waals surface area contributed by atoms with Gasteiger partial charge in [-0.15, -0.1) is 0 Å². The van der Waals surface area contributed by atoms with E-state index >= 15 is 0 Å². The van der Waals surface area contributed by atoms with Crippen molar-refractivity contribution in [1.29, 1.82) is 0 Å². The van der Waals surface area contributed by atoms with Gasteiger partial charge < -0.3 is 14.8 Å². The number of ether oxygens (including phenoxy) is 2. The van der Waals surface area contributed by atoms with E-state index in [9.17, 15) is 9.59 Å². The molecule has 0 radical (unpaired) electrons. The van der Waals surface area contributed by atoms with Crippen molar-refractivity contribution in [3.8, 4) is 0 Å². The number of imidazole rings is 1. The number of hydrogen-bond acceptors (Lipinski definition) is 7. The van der Waals surface area contributed by atoms with Gasteiger partial charge in [0.2, 0.25) is 5.95 Å².